The zero-order valence-electron chi connectivity index (χ0n) is 3.77. The summed E-state index contributed by atoms with van der Waals surface area (Å²) in [6.07, 6.45) is 1.68. The van der Waals surface area contributed by atoms with Crippen LogP contribution in [0.25, 0.3) is 0 Å². The number of rotatable bonds is 1. The predicted molar refractivity (Wildman–Crippen MR) is 27.8 cm³/mol. The lowest BCUT2D eigenvalue weighted by molar-refractivity contribution is 0.969. The van der Waals surface area contributed by atoms with Crippen LogP contribution in [0.15, 0.2) is 0 Å². The Morgan fingerprint density at radius 2 is 2.17 bits per heavy atom. The zero-order chi connectivity index (χ0) is 4.12. The van der Waals surface area contributed by atoms with Crippen molar-refractivity contribution in [1.29, 1.82) is 5.26 Å². The Hall–Kier alpha value is -0.220. The first-order chi connectivity index (χ1) is 2.41. The Labute approximate surface area is 44.4 Å². The Morgan fingerprint density at radius 3 is 2.17 bits per heavy atom. The second-order valence-corrected chi connectivity index (χ2v) is 0.908. The fraction of sp³-hybridized carbons (Fsp3) is 0.750. The monoisotopic (exact) mass is 105 g/mol. The van der Waals surface area contributed by atoms with Crippen molar-refractivity contribution >= 4 is 12.4 Å². The standard InChI is InChI=1S/C4H7N.ClH/c1-2-3-4-5;/h2-3H2,1H3;1H. The van der Waals surface area contributed by atoms with E-state index in [4.69, 9.17) is 5.26 Å². The third-order valence-corrected chi connectivity index (χ3v) is 0.362. The highest BCUT2D eigenvalue weighted by molar-refractivity contribution is 5.85. The van der Waals surface area contributed by atoms with E-state index in [1.54, 1.807) is 0 Å². The lowest BCUT2D eigenvalue weighted by atomic mass is 10.4. The first-order valence-electron chi connectivity index (χ1n) is 1.78. The second-order valence-electron chi connectivity index (χ2n) is 0.908. The van der Waals surface area contributed by atoms with E-state index in [9.17, 15) is 0 Å². The van der Waals surface area contributed by atoms with Crippen LogP contribution in [0.2, 0.25) is 0 Å². The van der Waals surface area contributed by atoms with Crippen LogP contribution in [-0.2, 0) is 0 Å². The van der Waals surface area contributed by atoms with Crippen LogP contribution in [0.1, 0.15) is 19.8 Å². The van der Waals surface area contributed by atoms with Crippen molar-refractivity contribution in [3.8, 4) is 6.07 Å². The second kappa shape index (κ2) is 8.84. The average Bonchev–Trinajstić information content (AvgIpc) is 1.41. The Morgan fingerprint density at radius 1 is 1.67 bits per heavy atom. The van der Waals surface area contributed by atoms with Gasteiger partial charge in [-0.2, -0.15) is 5.26 Å². The molecule has 0 saturated heterocycles. The van der Waals surface area contributed by atoms with Crippen molar-refractivity contribution < 1.29 is 0 Å². The van der Waals surface area contributed by atoms with E-state index in [0.29, 0.717) is 6.42 Å². The minimum absolute atomic E-state index is 0. The molecule has 2 heteroatoms. The average molecular weight is 106 g/mol. The minimum atomic E-state index is 0. The van der Waals surface area contributed by atoms with E-state index in [2.05, 4.69) is 0 Å². The Balaban J connectivity index is 0. The maximum Gasteiger partial charge on any atom is 0.0621 e. The summed E-state index contributed by atoms with van der Waals surface area (Å²) in [4.78, 5) is 0. The van der Waals surface area contributed by atoms with Crippen LogP contribution in [0, 0.1) is 11.3 Å². The molecule has 0 heterocycles. The molecule has 0 aliphatic rings. The summed E-state index contributed by atoms with van der Waals surface area (Å²) in [6, 6.07) is 2.02. The molecule has 0 fully saturated rings. The maximum absolute atomic E-state index is 7.82. The van der Waals surface area contributed by atoms with Crippen molar-refractivity contribution in [1.82, 2.24) is 0 Å². The zero-order valence-corrected chi connectivity index (χ0v) is 4.59. The van der Waals surface area contributed by atoms with Gasteiger partial charge in [-0.05, 0) is 6.42 Å². The summed E-state index contributed by atoms with van der Waals surface area (Å²) in [7, 11) is 0. The third kappa shape index (κ3) is 9.22. The van der Waals surface area contributed by atoms with E-state index >= 15 is 0 Å². The van der Waals surface area contributed by atoms with Gasteiger partial charge in [0, 0.05) is 6.42 Å². The van der Waals surface area contributed by atoms with Crippen molar-refractivity contribution in [3.63, 3.8) is 0 Å². The maximum atomic E-state index is 7.82. The highest BCUT2D eigenvalue weighted by Gasteiger charge is 1.65. The fourth-order valence-corrected chi connectivity index (χ4v) is 0.112. The van der Waals surface area contributed by atoms with Gasteiger partial charge in [-0.3, -0.25) is 0 Å². The van der Waals surface area contributed by atoms with Gasteiger partial charge in [0.25, 0.3) is 0 Å². The molecule has 0 spiro atoms. The molecular weight excluding hydrogens is 97.5 g/mol. The van der Waals surface area contributed by atoms with Crippen LogP contribution in [0.5, 0.6) is 0 Å². The third-order valence-electron chi connectivity index (χ3n) is 0.362. The van der Waals surface area contributed by atoms with E-state index in [-0.39, 0.29) is 12.4 Å². The molecule has 0 aliphatic carbocycles. The predicted octanol–water partition coefficient (Wildman–Crippen LogP) is 1.73. The molecule has 0 N–H and O–H groups in total. The number of hydrogen-bond donors (Lipinski definition) is 0. The van der Waals surface area contributed by atoms with Crippen LogP contribution >= 0.6 is 12.4 Å². The lowest BCUT2D eigenvalue weighted by Gasteiger charge is -1.65. The summed E-state index contributed by atoms with van der Waals surface area (Å²) in [5, 5.41) is 7.82. The van der Waals surface area contributed by atoms with Gasteiger partial charge in [-0.25, -0.2) is 0 Å². The van der Waals surface area contributed by atoms with Crippen molar-refractivity contribution in [2.75, 3.05) is 0 Å². The molecule has 0 aromatic carbocycles. The van der Waals surface area contributed by atoms with Crippen molar-refractivity contribution in [2.24, 2.45) is 0 Å². The molecule has 0 radical (unpaired) electrons. The first-order valence-corrected chi connectivity index (χ1v) is 1.78. The van der Waals surface area contributed by atoms with Gasteiger partial charge >= 0.3 is 0 Å². The molecular formula is C4H8ClN. The highest BCUT2D eigenvalue weighted by atomic mass is 35.5. The highest BCUT2D eigenvalue weighted by Crippen LogP contribution is 1.77. The van der Waals surface area contributed by atoms with E-state index in [1.165, 1.54) is 0 Å². The van der Waals surface area contributed by atoms with Gasteiger partial charge in [0.2, 0.25) is 0 Å². The molecule has 0 saturated carbocycles. The van der Waals surface area contributed by atoms with Crippen LogP contribution in [-0.4, -0.2) is 0 Å². The summed E-state index contributed by atoms with van der Waals surface area (Å²) >= 11 is 0. The molecule has 0 amide bonds. The molecule has 1 nitrogen and oxygen atoms in total. The molecule has 0 unspecified atom stereocenters. The fourth-order valence-electron chi connectivity index (χ4n) is 0.112. The van der Waals surface area contributed by atoms with Gasteiger partial charge in [0.05, 0.1) is 6.07 Å². The molecule has 0 aromatic rings. The lowest BCUT2D eigenvalue weighted by Crippen LogP contribution is -1.53. The minimum Gasteiger partial charge on any atom is -0.198 e. The van der Waals surface area contributed by atoms with Gasteiger partial charge in [-0.15, -0.1) is 12.4 Å². The van der Waals surface area contributed by atoms with Crippen molar-refractivity contribution in [3.05, 3.63) is 0 Å². The molecule has 0 aromatic heterocycles. The van der Waals surface area contributed by atoms with Gasteiger partial charge in [-0.1, -0.05) is 6.92 Å². The summed E-state index contributed by atoms with van der Waals surface area (Å²) in [6.45, 7) is 1.99. The molecule has 0 atom stereocenters. The molecule has 0 rings (SSSR count). The van der Waals surface area contributed by atoms with Gasteiger partial charge in [0.1, 0.15) is 0 Å². The van der Waals surface area contributed by atoms with Crippen LogP contribution in [0.4, 0.5) is 0 Å². The first kappa shape index (κ1) is 9.24. The van der Waals surface area contributed by atoms with Crippen molar-refractivity contribution in [2.45, 2.75) is 19.8 Å². The Kier molecular flexibility index (Phi) is 13.6. The quantitative estimate of drug-likeness (QED) is 0.498. The summed E-state index contributed by atoms with van der Waals surface area (Å²) in [5.74, 6) is 0. The molecule has 6 heavy (non-hydrogen) atoms. The van der Waals surface area contributed by atoms with E-state index in [0.717, 1.165) is 6.42 Å². The van der Waals surface area contributed by atoms with E-state index in [1.807, 2.05) is 13.0 Å². The van der Waals surface area contributed by atoms with Crippen LogP contribution in [0.3, 0.4) is 0 Å². The number of hydrogen-bond acceptors (Lipinski definition) is 1. The number of nitriles is 1. The van der Waals surface area contributed by atoms with Gasteiger partial charge in [0.15, 0.2) is 0 Å². The molecule has 36 valence electrons. The number of unbranched alkanes of at least 4 members (excludes halogenated alkanes) is 1. The van der Waals surface area contributed by atoms with Crippen LogP contribution < -0.4 is 0 Å². The number of halogens is 1. The number of nitrogens with zero attached hydrogens (tertiary/aromatic N) is 1. The normalized spacial score (nSPS) is 5.33. The van der Waals surface area contributed by atoms with Gasteiger partial charge < -0.3 is 0 Å². The topological polar surface area (TPSA) is 23.8 Å². The molecule has 0 bridgehead atoms. The molecule has 0 aliphatic heterocycles. The van der Waals surface area contributed by atoms with E-state index < -0.39 is 0 Å². The summed E-state index contributed by atoms with van der Waals surface area (Å²) < 4.78 is 0. The Bertz CT molecular complexity index is 46.0. The smallest absolute Gasteiger partial charge is 0.0621 e. The largest absolute Gasteiger partial charge is 0.198 e. The summed E-state index contributed by atoms with van der Waals surface area (Å²) in [5.41, 5.74) is 0. The SMILES string of the molecule is CCCC#N.Cl.